The average molecular weight is 244 g/mol. The maximum Gasteiger partial charge on any atom is 0.407 e. The molecule has 0 aromatic carbocycles. The van der Waals surface area contributed by atoms with Gasteiger partial charge in [-0.05, 0) is 20.8 Å². The van der Waals surface area contributed by atoms with E-state index in [0.29, 0.717) is 13.1 Å². The molecule has 90 valence electrons. The summed E-state index contributed by atoms with van der Waals surface area (Å²) < 4.78 is 8.78. The number of carbonyl (C=O) groups excluding carboxylic acids is 1. The first-order valence-corrected chi connectivity index (χ1v) is 5.73. The standard InChI is InChI=1S/C9H16N4O2S/c1-9(2,3)15-8(14)11-5-4-10-7-6-12-13-16-7/h6,10H,4-5H2,1-3H3,(H,11,14). The van der Waals surface area contributed by atoms with E-state index in [2.05, 4.69) is 20.2 Å². The third-order valence-electron chi connectivity index (χ3n) is 1.45. The Hall–Kier alpha value is -1.37. The Morgan fingerprint density at radius 3 is 2.81 bits per heavy atom. The summed E-state index contributed by atoms with van der Waals surface area (Å²) in [5.74, 6) is 0. The molecule has 1 aromatic rings. The summed E-state index contributed by atoms with van der Waals surface area (Å²) in [6, 6.07) is 0. The van der Waals surface area contributed by atoms with E-state index in [-0.39, 0.29) is 0 Å². The normalized spacial score (nSPS) is 10.9. The zero-order valence-electron chi connectivity index (χ0n) is 9.61. The van der Waals surface area contributed by atoms with Crippen LogP contribution in [0.15, 0.2) is 6.20 Å². The fourth-order valence-corrected chi connectivity index (χ4v) is 1.35. The van der Waals surface area contributed by atoms with Crippen molar-refractivity contribution in [2.75, 3.05) is 18.4 Å². The van der Waals surface area contributed by atoms with Crippen molar-refractivity contribution in [1.82, 2.24) is 14.9 Å². The van der Waals surface area contributed by atoms with Crippen molar-refractivity contribution in [3.8, 4) is 0 Å². The summed E-state index contributed by atoms with van der Waals surface area (Å²) in [5.41, 5.74) is -0.459. The van der Waals surface area contributed by atoms with Gasteiger partial charge in [-0.15, -0.1) is 5.10 Å². The second kappa shape index (κ2) is 5.64. The molecule has 0 aliphatic carbocycles. The van der Waals surface area contributed by atoms with Crippen LogP contribution in [0.1, 0.15) is 20.8 Å². The molecule has 0 saturated heterocycles. The highest BCUT2D eigenvalue weighted by atomic mass is 32.1. The third kappa shape index (κ3) is 5.50. The lowest BCUT2D eigenvalue weighted by Gasteiger charge is -2.19. The van der Waals surface area contributed by atoms with Crippen LogP contribution in [0.2, 0.25) is 0 Å². The lowest BCUT2D eigenvalue weighted by atomic mass is 10.2. The molecule has 0 atom stereocenters. The Bertz CT molecular complexity index is 321. The summed E-state index contributed by atoms with van der Waals surface area (Å²) in [6.45, 7) is 6.59. The van der Waals surface area contributed by atoms with Gasteiger partial charge in [-0.2, -0.15) is 0 Å². The van der Waals surface area contributed by atoms with Gasteiger partial charge in [0.05, 0.1) is 6.20 Å². The fourth-order valence-electron chi connectivity index (χ4n) is 0.909. The highest BCUT2D eigenvalue weighted by Gasteiger charge is 2.15. The number of nitrogens with zero attached hydrogens (tertiary/aromatic N) is 2. The van der Waals surface area contributed by atoms with Gasteiger partial charge in [-0.1, -0.05) is 4.49 Å². The van der Waals surface area contributed by atoms with Crippen LogP contribution in [0.3, 0.4) is 0 Å². The molecule has 6 nitrogen and oxygen atoms in total. The molecular formula is C9H16N4O2S. The van der Waals surface area contributed by atoms with E-state index in [1.165, 1.54) is 11.5 Å². The molecule has 1 heterocycles. The summed E-state index contributed by atoms with van der Waals surface area (Å²) in [6.07, 6.45) is 1.23. The topological polar surface area (TPSA) is 76.1 Å². The Kier molecular flexibility index (Phi) is 4.48. The van der Waals surface area contributed by atoms with Crippen molar-refractivity contribution in [3.05, 3.63) is 6.20 Å². The number of ether oxygens (including phenoxy) is 1. The van der Waals surface area contributed by atoms with Crippen LogP contribution in [0, 0.1) is 0 Å². The highest BCUT2D eigenvalue weighted by molar-refractivity contribution is 7.09. The zero-order chi connectivity index (χ0) is 12.0. The molecule has 0 radical (unpaired) electrons. The van der Waals surface area contributed by atoms with Gasteiger partial charge < -0.3 is 15.4 Å². The predicted molar refractivity (Wildman–Crippen MR) is 62.6 cm³/mol. The van der Waals surface area contributed by atoms with Crippen LogP contribution < -0.4 is 10.6 Å². The summed E-state index contributed by atoms with van der Waals surface area (Å²) in [7, 11) is 0. The van der Waals surface area contributed by atoms with Gasteiger partial charge >= 0.3 is 6.09 Å². The Labute approximate surface area is 98.5 Å². The van der Waals surface area contributed by atoms with E-state index >= 15 is 0 Å². The van der Waals surface area contributed by atoms with Crippen LogP contribution in [-0.2, 0) is 4.74 Å². The van der Waals surface area contributed by atoms with Gasteiger partial charge in [0, 0.05) is 24.6 Å². The molecule has 0 spiro atoms. The number of anilines is 1. The average Bonchev–Trinajstić information content (AvgIpc) is 2.62. The van der Waals surface area contributed by atoms with E-state index < -0.39 is 11.7 Å². The molecule has 7 heteroatoms. The minimum atomic E-state index is -0.459. The maximum atomic E-state index is 11.2. The quantitative estimate of drug-likeness (QED) is 0.784. The summed E-state index contributed by atoms with van der Waals surface area (Å²) in [4.78, 5) is 11.2. The monoisotopic (exact) mass is 244 g/mol. The van der Waals surface area contributed by atoms with Crippen molar-refractivity contribution in [2.45, 2.75) is 26.4 Å². The number of nitrogens with one attached hydrogen (secondary N) is 2. The molecule has 1 rings (SSSR count). The molecule has 2 N–H and O–H groups in total. The molecule has 0 fully saturated rings. The Morgan fingerprint density at radius 2 is 2.25 bits per heavy atom. The molecule has 16 heavy (non-hydrogen) atoms. The predicted octanol–water partition coefficient (Wildman–Crippen LogP) is 1.47. The van der Waals surface area contributed by atoms with Crippen molar-refractivity contribution in [2.24, 2.45) is 0 Å². The van der Waals surface area contributed by atoms with Crippen molar-refractivity contribution >= 4 is 22.6 Å². The van der Waals surface area contributed by atoms with Gasteiger partial charge in [0.1, 0.15) is 10.6 Å². The number of hydrogen-bond donors (Lipinski definition) is 2. The van der Waals surface area contributed by atoms with Crippen molar-refractivity contribution in [3.63, 3.8) is 0 Å². The van der Waals surface area contributed by atoms with E-state index in [4.69, 9.17) is 4.74 Å². The SMILES string of the molecule is CC(C)(C)OC(=O)NCCNc1cnns1. The Balaban J connectivity index is 2.09. The van der Waals surface area contributed by atoms with Crippen molar-refractivity contribution in [1.29, 1.82) is 0 Å². The van der Waals surface area contributed by atoms with Gasteiger partial charge in [-0.3, -0.25) is 0 Å². The van der Waals surface area contributed by atoms with Crippen LogP contribution in [0.4, 0.5) is 9.80 Å². The number of hydrogen-bond acceptors (Lipinski definition) is 6. The first-order valence-electron chi connectivity index (χ1n) is 4.95. The minimum absolute atomic E-state index is 0.406. The number of aromatic nitrogens is 2. The second-order valence-corrected chi connectivity index (χ2v) is 4.92. The van der Waals surface area contributed by atoms with Crippen LogP contribution in [0.25, 0.3) is 0 Å². The smallest absolute Gasteiger partial charge is 0.407 e. The zero-order valence-corrected chi connectivity index (χ0v) is 10.4. The van der Waals surface area contributed by atoms with Crippen LogP contribution >= 0.6 is 11.5 Å². The molecule has 0 aliphatic rings. The first-order chi connectivity index (χ1) is 7.47. The molecule has 0 bridgehead atoms. The summed E-state index contributed by atoms with van der Waals surface area (Å²) >= 11 is 1.28. The minimum Gasteiger partial charge on any atom is -0.444 e. The van der Waals surface area contributed by atoms with Gasteiger partial charge in [0.15, 0.2) is 0 Å². The molecule has 0 unspecified atom stereocenters. The number of alkyl carbamates (subject to hydrolysis) is 1. The summed E-state index contributed by atoms with van der Waals surface area (Å²) in [5, 5.41) is 10.3. The van der Waals surface area contributed by atoms with Gasteiger partial charge in [0.25, 0.3) is 0 Å². The fraction of sp³-hybridized carbons (Fsp3) is 0.667. The number of rotatable bonds is 4. The van der Waals surface area contributed by atoms with Crippen LogP contribution in [-0.4, -0.2) is 34.4 Å². The van der Waals surface area contributed by atoms with Gasteiger partial charge in [0.2, 0.25) is 0 Å². The maximum absolute atomic E-state index is 11.2. The third-order valence-corrected chi connectivity index (χ3v) is 2.08. The molecule has 0 saturated carbocycles. The van der Waals surface area contributed by atoms with Crippen molar-refractivity contribution < 1.29 is 9.53 Å². The highest BCUT2D eigenvalue weighted by Crippen LogP contribution is 2.08. The molecule has 1 aromatic heterocycles. The number of carbonyl (C=O) groups is 1. The largest absolute Gasteiger partial charge is 0.444 e. The molecular weight excluding hydrogens is 228 g/mol. The lowest BCUT2D eigenvalue weighted by Crippen LogP contribution is -2.34. The van der Waals surface area contributed by atoms with Gasteiger partial charge in [-0.25, -0.2) is 4.79 Å². The van der Waals surface area contributed by atoms with E-state index in [1.54, 1.807) is 6.20 Å². The Morgan fingerprint density at radius 1 is 1.50 bits per heavy atom. The first kappa shape index (κ1) is 12.7. The van der Waals surface area contributed by atoms with E-state index in [9.17, 15) is 4.79 Å². The second-order valence-electron chi connectivity index (χ2n) is 4.14. The number of amides is 1. The molecule has 1 amide bonds. The molecule has 0 aliphatic heterocycles. The lowest BCUT2D eigenvalue weighted by molar-refractivity contribution is 0.0530. The van der Waals surface area contributed by atoms with E-state index in [1.807, 2.05) is 20.8 Å². The van der Waals surface area contributed by atoms with E-state index in [0.717, 1.165) is 5.00 Å². The van der Waals surface area contributed by atoms with Crippen LogP contribution in [0.5, 0.6) is 0 Å².